The van der Waals surface area contributed by atoms with Crippen molar-refractivity contribution in [3.05, 3.63) is 32.9 Å². The third kappa shape index (κ3) is 3.59. The van der Waals surface area contributed by atoms with Crippen LogP contribution in [0.3, 0.4) is 0 Å². The van der Waals surface area contributed by atoms with Crippen molar-refractivity contribution in [2.75, 3.05) is 7.11 Å². The Morgan fingerprint density at radius 1 is 1.43 bits per heavy atom. The minimum atomic E-state index is 0.00447. The van der Waals surface area contributed by atoms with E-state index in [2.05, 4.69) is 21.3 Å². The maximum atomic E-state index is 9.27. The zero-order valence-corrected chi connectivity index (χ0v) is 14.0. The second-order valence-corrected chi connectivity index (χ2v) is 6.40. The van der Waals surface area contributed by atoms with Gasteiger partial charge in [0, 0.05) is 18.2 Å². The van der Waals surface area contributed by atoms with Gasteiger partial charge in [0.1, 0.15) is 22.2 Å². The summed E-state index contributed by atoms with van der Waals surface area (Å²) in [5.41, 5.74) is 3.25. The number of rotatable bonds is 5. The Kier molecular flexibility index (Phi) is 5.28. The second-order valence-electron chi connectivity index (χ2n) is 4.55. The molecule has 1 atom stereocenters. The van der Waals surface area contributed by atoms with Crippen LogP contribution in [0.25, 0.3) is 0 Å². The van der Waals surface area contributed by atoms with Gasteiger partial charge in [-0.15, -0.1) is 16.4 Å². The minimum Gasteiger partial charge on any atom is -0.375 e. The van der Waals surface area contributed by atoms with Gasteiger partial charge in [0.25, 0.3) is 0 Å². The van der Waals surface area contributed by atoms with Crippen molar-refractivity contribution in [3.8, 4) is 6.07 Å². The van der Waals surface area contributed by atoms with Crippen molar-refractivity contribution in [2.45, 2.75) is 37.7 Å². The minimum absolute atomic E-state index is 0.00447. The Balaban J connectivity index is 2.12. The highest BCUT2D eigenvalue weighted by molar-refractivity contribution is 7.98. The highest BCUT2D eigenvalue weighted by atomic mass is 32.2. The number of hydrogen-bond donors (Lipinski definition) is 0. The first-order valence-corrected chi connectivity index (χ1v) is 8.27. The van der Waals surface area contributed by atoms with E-state index in [0.29, 0.717) is 16.3 Å². The summed E-state index contributed by atoms with van der Waals surface area (Å²) in [5.74, 6) is 0.665. The second kappa shape index (κ2) is 6.98. The molecular weight excluding hydrogens is 304 g/mol. The molecule has 0 bridgehead atoms. The van der Waals surface area contributed by atoms with Crippen molar-refractivity contribution in [1.82, 2.24) is 15.2 Å². The standard InChI is InChI=1S/C14H16N4OS2/c1-8-9(2)17-18-14(12(8)5-15)21-7-11-6-20-13(16-11)10(3)19-4/h6,10H,7H2,1-4H3/t10-/m1/s1. The summed E-state index contributed by atoms with van der Waals surface area (Å²) in [6, 6.07) is 2.21. The molecule has 2 aromatic rings. The monoisotopic (exact) mass is 320 g/mol. The SMILES string of the molecule is CO[C@H](C)c1nc(CSc2nnc(C)c(C)c2C#N)cs1. The number of aryl methyl sites for hydroxylation is 1. The molecule has 0 saturated heterocycles. The topological polar surface area (TPSA) is 71.7 Å². The highest BCUT2D eigenvalue weighted by Gasteiger charge is 2.13. The van der Waals surface area contributed by atoms with Gasteiger partial charge in [-0.25, -0.2) is 4.98 Å². The number of methoxy groups -OCH3 is 1. The summed E-state index contributed by atoms with van der Waals surface area (Å²) >= 11 is 3.07. The average molecular weight is 320 g/mol. The van der Waals surface area contributed by atoms with Crippen LogP contribution in [0.5, 0.6) is 0 Å². The normalized spacial score (nSPS) is 12.1. The number of nitrogens with zero attached hydrogens (tertiary/aromatic N) is 4. The van der Waals surface area contributed by atoms with Gasteiger partial charge >= 0.3 is 0 Å². The Hall–Kier alpha value is -1.49. The zero-order chi connectivity index (χ0) is 15.4. The van der Waals surface area contributed by atoms with E-state index in [9.17, 15) is 5.26 Å². The highest BCUT2D eigenvalue weighted by Crippen LogP contribution is 2.28. The molecule has 0 aliphatic rings. The van der Waals surface area contributed by atoms with Crippen LogP contribution in [0.1, 0.15) is 40.6 Å². The van der Waals surface area contributed by atoms with Crippen LogP contribution in [0.2, 0.25) is 0 Å². The molecule has 0 aliphatic heterocycles. The van der Waals surface area contributed by atoms with Crippen LogP contribution in [0.4, 0.5) is 0 Å². The van der Waals surface area contributed by atoms with Crippen molar-refractivity contribution < 1.29 is 4.74 Å². The summed E-state index contributed by atoms with van der Waals surface area (Å²) < 4.78 is 5.25. The summed E-state index contributed by atoms with van der Waals surface area (Å²) in [6.45, 7) is 5.72. The number of ether oxygens (including phenoxy) is 1. The number of nitriles is 1. The van der Waals surface area contributed by atoms with E-state index >= 15 is 0 Å². The number of thiazole rings is 1. The van der Waals surface area contributed by atoms with Crippen molar-refractivity contribution in [1.29, 1.82) is 5.26 Å². The van der Waals surface area contributed by atoms with Gasteiger partial charge < -0.3 is 4.74 Å². The lowest BCUT2D eigenvalue weighted by atomic mass is 10.1. The lowest BCUT2D eigenvalue weighted by Crippen LogP contribution is -1.99. The van der Waals surface area contributed by atoms with Crippen LogP contribution < -0.4 is 0 Å². The fraction of sp³-hybridized carbons (Fsp3) is 0.429. The molecule has 0 aliphatic carbocycles. The van der Waals surface area contributed by atoms with Crippen molar-refractivity contribution in [3.63, 3.8) is 0 Å². The first-order valence-electron chi connectivity index (χ1n) is 6.40. The lowest BCUT2D eigenvalue weighted by molar-refractivity contribution is 0.119. The van der Waals surface area contributed by atoms with Gasteiger partial charge in [-0.1, -0.05) is 11.8 Å². The lowest BCUT2D eigenvalue weighted by Gasteiger charge is -2.06. The van der Waals surface area contributed by atoms with Crippen LogP contribution in [-0.4, -0.2) is 22.3 Å². The fourth-order valence-electron chi connectivity index (χ4n) is 1.64. The number of hydrogen-bond acceptors (Lipinski definition) is 7. The molecule has 2 heterocycles. The van der Waals surface area contributed by atoms with Crippen molar-refractivity contribution in [2.24, 2.45) is 0 Å². The van der Waals surface area contributed by atoms with Gasteiger partial charge in [-0.3, -0.25) is 0 Å². The van der Waals surface area contributed by atoms with E-state index in [1.54, 1.807) is 18.4 Å². The molecule has 110 valence electrons. The van der Waals surface area contributed by atoms with Crippen LogP contribution >= 0.6 is 23.1 Å². The first-order chi connectivity index (χ1) is 10.1. The molecule has 2 aromatic heterocycles. The number of thioether (sulfide) groups is 1. The molecule has 5 nitrogen and oxygen atoms in total. The molecule has 21 heavy (non-hydrogen) atoms. The van der Waals surface area contributed by atoms with Crippen LogP contribution in [0, 0.1) is 25.2 Å². The molecule has 0 amide bonds. The van der Waals surface area contributed by atoms with E-state index < -0.39 is 0 Å². The molecule has 0 spiro atoms. The molecule has 7 heteroatoms. The molecular formula is C14H16N4OS2. The van der Waals surface area contributed by atoms with Crippen molar-refractivity contribution >= 4 is 23.1 Å². The first kappa shape index (κ1) is 15.9. The summed E-state index contributed by atoms with van der Waals surface area (Å²) in [6.07, 6.45) is 0.00447. The smallest absolute Gasteiger partial charge is 0.137 e. The maximum absolute atomic E-state index is 9.27. The number of aromatic nitrogens is 3. The Labute approximate surface area is 132 Å². The molecule has 0 fully saturated rings. The molecule has 0 N–H and O–H groups in total. The largest absolute Gasteiger partial charge is 0.375 e. The van der Waals surface area contributed by atoms with E-state index in [-0.39, 0.29) is 6.10 Å². The quantitative estimate of drug-likeness (QED) is 0.786. The van der Waals surface area contributed by atoms with Crippen LogP contribution in [0.15, 0.2) is 10.4 Å². The Morgan fingerprint density at radius 2 is 2.19 bits per heavy atom. The van der Waals surface area contributed by atoms with E-state index in [4.69, 9.17) is 4.74 Å². The molecule has 0 radical (unpaired) electrons. The van der Waals surface area contributed by atoms with Crippen LogP contribution in [-0.2, 0) is 10.5 Å². The molecule has 2 rings (SSSR count). The third-order valence-corrected chi connectivity index (χ3v) is 5.22. The fourth-order valence-corrected chi connectivity index (χ4v) is 3.47. The van der Waals surface area contributed by atoms with Gasteiger partial charge in [0.2, 0.25) is 0 Å². The molecule has 0 unspecified atom stereocenters. The van der Waals surface area contributed by atoms with Gasteiger partial charge in [-0.05, 0) is 26.3 Å². The summed E-state index contributed by atoms with van der Waals surface area (Å²) in [7, 11) is 1.67. The Morgan fingerprint density at radius 3 is 2.86 bits per heavy atom. The summed E-state index contributed by atoms with van der Waals surface area (Å²) in [4.78, 5) is 4.53. The van der Waals surface area contributed by atoms with E-state index in [1.807, 2.05) is 26.2 Å². The van der Waals surface area contributed by atoms with Gasteiger partial charge in [-0.2, -0.15) is 10.4 Å². The Bertz CT molecular complexity index is 678. The average Bonchev–Trinajstić information content (AvgIpc) is 2.96. The third-order valence-electron chi connectivity index (χ3n) is 3.16. The van der Waals surface area contributed by atoms with E-state index in [0.717, 1.165) is 22.0 Å². The molecule has 0 saturated carbocycles. The summed E-state index contributed by atoms with van der Waals surface area (Å²) in [5, 5.41) is 21.1. The van der Waals surface area contributed by atoms with Gasteiger partial charge in [0.15, 0.2) is 0 Å². The predicted molar refractivity (Wildman–Crippen MR) is 83.3 cm³/mol. The van der Waals surface area contributed by atoms with Gasteiger partial charge in [0.05, 0.1) is 17.0 Å². The molecule has 0 aromatic carbocycles. The zero-order valence-electron chi connectivity index (χ0n) is 12.4. The maximum Gasteiger partial charge on any atom is 0.137 e. The predicted octanol–water partition coefficient (Wildman–Crippen LogP) is 3.42. The van der Waals surface area contributed by atoms with E-state index in [1.165, 1.54) is 11.8 Å².